The lowest BCUT2D eigenvalue weighted by Gasteiger charge is -2.23. The molecule has 0 spiro atoms. The molecule has 4 rings (SSSR count). The molecule has 174 valence electrons. The largest absolute Gasteiger partial charge is 0.348 e. The minimum Gasteiger partial charge on any atom is -0.348 e. The van der Waals surface area contributed by atoms with Crippen LogP contribution in [0.25, 0.3) is 10.9 Å². The summed E-state index contributed by atoms with van der Waals surface area (Å²) in [4.78, 5) is 34.8. The third kappa shape index (κ3) is 5.51. The van der Waals surface area contributed by atoms with E-state index in [1.165, 1.54) is 23.9 Å². The van der Waals surface area contributed by atoms with Gasteiger partial charge in [0.25, 0.3) is 5.56 Å². The molecule has 1 atom stereocenters. The van der Waals surface area contributed by atoms with Gasteiger partial charge >= 0.3 is 0 Å². The Labute approximate surface area is 201 Å². The van der Waals surface area contributed by atoms with E-state index < -0.39 is 0 Å². The van der Waals surface area contributed by atoms with Crippen molar-refractivity contribution < 1.29 is 9.18 Å². The predicted octanol–water partition coefficient (Wildman–Crippen LogP) is 4.58. The molecule has 0 fully saturated rings. The second kappa shape index (κ2) is 10.6. The monoisotopic (exact) mass is 476 g/mol. The summed E-state index contributed by atoms with van der Waals surface area (Å²) in [7, 11) is 0. The molecule has 2 aromatic carbocycles. The Morgan fingerprint density at radius 2 is 1.76 bits per heavy atom. The van der Waals surface area contributed by atoms with Crippen LogP contribution in [0.2, 0.25) is 0 Å². The number of fused-ring (bicyclic) bond motifs is 1. The molecule has 0 saturated heterocycles. The summed E-state index contributed by atoms with van der Waals surface area (Å²) in [6, 6.07) is 16.8. The lowest BCUT2D eigenvalue weighted by Crippen LogP contribution is -2.33. The maximum Gasteiger partial charge on any atom is 0.262 e. The molecule has 8 heteroatoms. The first-order valence-electron chi connectivity index (χ1n) is 11.0. The molecule has 0 aliphatic carbocycles. The number of aromatic nitrogens is 3. The van der Waals surface area contributed by atoms with Crippen LogP contribution in [-0.4, -0.2) is 26.2 Å². The van der Waals surface area contributed by atoms with E-state index >= 15 is 0 Å². The molecule has 1 N–H and O–H groups in total. The van der Waals surface area contributed by atoms with Gasteiger partial charge in [-0.05, 0) is 53.4 Å². The zero-order valence-corrected chi connectivity index (χ0v) is 19.8. The number of carbonyl (C=O) groups excluding carboxylic acids is 1. The molecule has 2 heterocycles. The molecule has 1 unspecified atom stereocenters. The Kier molecular flexibility index (Phi) is 7.37. The fourth-order valence-electron chi connectivity index (χ4n) is 3.72. The second-order valence-corrected chi connectivity index (χ2v) is 9.23. The van der Waals surface area contributed by atoms with Crippen molar-refractivity contribution in [3.63, 3.8) is 0 Å². The predicted molar refractivity (Wildman–Crippen MR) is 132 cm³/mol. The zero-order valence-electron chi connectivity index (χ0n) is 18.9. The number of hydrogen-bond acceptors (Lipinski definition) is 5. The number of amides is 1. The van der Waals surface area contributed by atoms with Gasteiger partial charge in [0, 0.05) is 12.4 Å². The highest BCUT2D eigenvalue weighted by Gasteiger charge is 2.20. The third-order valence-corrected chi connectivity index (χ3v) is 6.44. The number of nitrogens with one attached hydrogen (secondary N) is 1. The van der Waals surface area contributed by atoms with Crippen LogP contribution in [0.5, 0.6) is 0 Å². The standard InChI is InChI=1S/C26H25FN4O2S/c1-17(2)24(19-7-9-20(27)10-8-19)30-23(32)16-34-26-29-22-6-4-3-5-21(22)25(33)31(26)15-18-11-13-28-14-12-18/h3-14,17,24H,15-16H2,1-2H3,(H,30,32). The van der Waals surface area contributed by atoms with E-state index in [0.717, 1.165) is 11.1 Å². The van der Waals surface area contributed by atoms with E-state index in [9.17, 15) is 14.0 Å². The highest BCUT2D eigenvalue weighted by atomic mass is 32.2. The van der Waals surface area contributed by atoms with Gasteiger partial charge in [0.05, 0.1) is 29.2 Å². The van der Waals surface area contributed by atoms with E-state index in [-0.39, 0.29) is 35.0 Å². The van der Waals surface area contributed by atoms with Crippen molar-refractivity contribution in [2.75, 3.05) is 5.75 Å². The van der Waals surface area contributed by atoms with Crippen molar-refractivity contribution in [2.24, 2.45) is 5.92 Å². The van der Waals surface area contributed by atoms with E-state index in [1.54, 1.807) is 41.2 Å². The minimum atomic E-state index is -0.317. The highest BCUT2D eigenvalue weighted by molar-refractivity contribution is 7.99. The van der Waals surface area contributed by atoms with Crippen LogP contribution in [0.4, 0.5) is 4.39 Å². The Bertz CT molecular complexity index is 1340. The first-order valence-corrected chi connectivity index (χ1v) is 12.0. The summed E-state index contributed by atoms with van der Waals surface area (Å²) in [6.07, 6.45) is 3.35. The first-order chi connectivity index (χ1) is 16.4. The normalized spacial score (nSPS) is 12.1. The molecule has 1 amide bonds. The number of pyridine rings is 1. The molecular weight excluding hydrogens is 451 g/mol. The number of para-hydroxylation sites is 1. The van der Waals surface area contributed by atoms with Crippen molar-refractivity contribution >= 4 is 28.6 Å². The molecule has 0 aliphatic rings. The van der Waals surface area contributed by atoms with Crippen molar-refractivity contribution in [3.8, 4) is 0 Å². The van der Waals surface area contributed by atoms with Gasteiger partial charge in [-0.25, -0.2) is 9.37 Å². The summed E-state index contributed by atoms with van der Waals surface area (Å²) < 4.78 is 14.9. The number of nitrogens with zero attached hydrogens (tertiary/aromatic N) is 3. The minimum absolute atomic E-state index is 0.0888. The summed E-state index contributed by atoms with van der Waals surface area (Å²) >= 11 is 1.22. The molecular formula is C26H25FN4O2S. The van der Waals surface area contributed by atoms with Crippen molar-refractivity contribution in [1.29, 1.82) is 0 Å². The quantitative estimate of drug-likeness (QED) is 0.297. The fraction of sp³-hybridized carbons (Fsp3) is 0.231. The molecule has 4 aromatic rings. The average molecular weight is 477 g/mol. The third-order valence-electron chi connectivity index (χ3n) is 5.46. The highest BCUT2D eigenvalue weighted by Crippen LogP contribution is 2.23. The van der Waals surface area contributed by atoms with Gasteiger partial charge in [-0.1, -0.05) is 49.9 Å². The summed E-state index contributed by atoms with van der Waals surface area (Å²) in [6.45, 7) is 4.32. The Balaban J connectivity index is 1.57. The molecule has 0 radical (unpaired) electrons. The topological polar surface area (TPSA) is 76.9 Å². The molecule has 0 bridgehead atoms. The lowest BCUT2D eigenvalue weighted by atomic mass is 9.96. The zero-order chi connectivity index (χ0) is 24.1. The van der Waals surface area contributed by atoms with E-state index in [0.29, 0.717) is 22.6 Å². The number of benzene rings is 2. The molecule has 6 nitrogen and oxygen atoms in total. The molecule has 2 aromatic heterocycles. The van der Waals surface area contributed by atoms with Gasteiger partial charge in [-0.3, -0.25) is 19.1 Å². The van der Waals surface area contributed by atoms with Crippen LogP contribution in [0.15, 0.2) is 83.0 Å². The van der Waals surface area contributed by atoms with Gasteiger partial charge < -0.3 is 5.32 Å². The maximum atomic E-state index is 13.3. The summed E-state index contributed by atoms with van der Waals surface area (Å²) in [5.41, 5.74) is 2.19. The molecule has 34 heavy (non-hydrogen) atoms. The smallest absolute Gasteiger partial charge is 0.262 e. The Hall–Kier alpha value is -3.52. The van der Waals surface area contributed by atoms with Gasteiger partial charge in [0.15, 0.2) is 5.16 Å². The van der Waals surface area contributed by atoms with Gasteiger partial charge in [0.2, 0.25) is 5.91 Å². The second-order valence-electron chi connectivity index (χ2n) is 8.29. The van der Waals surface area contributed by atoms with Crippen LogP contribution in [0.3, 0.4) is 0 Å². The van der Waals surface area contributed by atoms with E-state index in [1.807, 2.05) is 38.1 Å². The van der Waals surface area contributed by atoms with Crippen LogP contribution < -0.4 is 10.9 Å². The van der Waals surface area contributed by atoms with Crippen LogP contribution in [0, 0.1) is 11.7 Å². The summed E-state index contributed by atoms with van der Waals surface area (Å²) in [5.74, 6) is -0.303. The van der Waals surface area contributed by atoms with Crippen LogP contribution in [-0.2, 0) is 11.3 Å². The van der Waals surface area contributed by atoms with Gasteiger partial charge in [-0.15, -0.1) is 0 Å². The van der Waals surface area contributed by atoms with E-state index in [2.05, 4.69) is 15.3 Å². The molecule has 0 aliphatic heterocycles. The van der Waals surface area contributed by atoms with Crippen LogP contribution in [0.1, 0.15) is 31.0 Å². The fourth-order valence-corrected chi connectivity index (χ4v) is 4.53. The number of rotatable bonds is 8. The van der Waals surface area contributed by atoms with Crippen molar-refractivity contribution in [3.05, 3.63) is 100 Å². The SMILES string of the molecule is CC(C)C(NC(=O)CSc1nc2ccccc2c(=O)n1Cc1ccncc1)c1ccc(F)cc1. The maximum absolute atomic E-state index is 13.3. The van der Waals surface area contributed by atoms with Gasteiger partial charge in [-0.2, -0.15) is 0 Å². The van der Waals surface area contributed by atoms with Gasteiger partial charge in [0.1, 0.15) is 5.82 Å². The summed E-state index contributed by atoms with van der Waals surface area (Å²) in [5, 5.41) is 4.04. The number of thioether (sulfide) groups is 1. The number of hydrogen-bond donors (Lipinski definition) is 1. The molecule has 0 saturated carbocycles. The lowest BCUT2D eigenvalue weighted by molar-refractivity contribution is -0.119. The Morgan fingerprint density at radius 1 is 1.06 bits per heavy atom. The van der Waals surface area contributed by atoms with Crippen molar-refractivity contribution in [2.45, 2.75) is 31.6 Å². The average Bonchev–Trinajstić information content (AvgIpc) is 2.84. The number of halogens is 1. The first kappa shape index (κ1) is 23.6. The van der Waals surface area contributed by atoms with Crippen LogP contribution >= 0.6 is 11.8 Å². The Morgan fingerprint density at radius 3 is 2.47 bits per heavy atom. The van der Waals surface area contributed by atoms with E-state index in [4.69, 9.17) is 0 Å². The van der Waals surface area contributed by atoms with Crippen molar-refractivity contribution in [1.82, 2.24) is 19.9 Å². The number of carbonyl (C=O) groups is 1.